The zero-order chi connectivity index (χ0) is 14.7. The van der Waals surface area contributed by atoms with Crippen molar-refractivity contribution in [2.75, 3.05) is 5.32 Å². The zero-order valence-electron chi connectivity index (χ0n) is 11.0. The van der Waals surface area contributed by atoms with Gasteiger partial charge in [0.05, 0.1) is 5.02 Å². The van der Waals surface area contributed by atoms with Gasteiger partial charge in [0.15, 0.2) is 0 Å². The molecule has 0 amide bonds. The van der Waals surface area contributed by atoms with E-state index in [9.17, 15) is 4.39 Å². The Hall–Kier alpha value is -1.91. The van der Waals surface area contributed by atoms with Gasteiger partial charge in [-0.15, -0.1) is 11.3 Å². The molecule has 5 heteroatoms. The molecule has 0 fully saturated rings. The third-order valence-electron chi connectivity index (χ3n) is 3.06. The van der Waals surface area contributed by atoms with Crippen LogP contribution in [0.3, 0.4) is 0 Å². The Labute approximate surface area is 131 Å². The quantitative estimate of drug-likeness (QED) is 0.714. The summed E-state index contributed by atoms with van der Waals surface area (Å²) < 4.78 is 13.8. The molecular weight excluding hydrogens is 307 g/mol. The SMILES string of the molecule is Fc1c(Cl)cccc1CNc1cccc(-c2nccs2)c1. The molecule has 0 bridgehead atoms. The maximum Gasteiger partial charge on any atom is 0.146 e. The summed E-state index contributed by atoms with van der Waals surface area (Å²) in [5.41, 5.74) is 2.51. The first-order valence-electron chi connectivity index (χ1n) is 6.41. The van der Waals surface area contributed by atoms with E-state index in [4.69, 9.17) is 11.6 Å². The number of nitrogens with zero attached hydrogens (tertiary/aromatic N) is 1. The molecule has 3 rings (SSSR count). The summed E-state index contributed by atoms with van der Waals surface area (Å²) in [6.07, 6.45) is 1.78. The van der Waals surface area contributed by atoms with E-state index in [0.717, 1.165) is 16.3 Å². The molecule has 1 heterocycles. The maximum atomic E-state index is 13.8. The van der Waals surface area contributed by atoms with Crippen LogP contribution in [0.2, 0.25) is 5.02 Å². The smallest absolute Gasteiger partial charge is 0.146 e. The van der Waals surface area contributed by atoms with Gasteiger partial charge in [0.1, 0.15) is 10.8 Å². The van der Waals surface area contributed by atoms with E-state index >= 15 is 0 Å². The molecule has 2 aromatic carbocycles. The molecule has 0 unspecified atom stereocenters. The number of nitrogens with one attached hydrogen (secondary N) is 1. The summed E-state index contributed by atoms with van der Waals surface area (Å²) in [6.45, 7) is 0.383. The van der Waals surface area contributed by atoms with Gasteiger partial charge in [0, 0.05) is 34.9 Å². The molecule has 0 aliphatic carbocycles. The number of halogens is 2. The van der Waals surface area contributed by atoms with Crippen LogP contribution in [0.4, 0.5) is 10.1 Å². The number of hydrogen-bond donors (Lipinski definition) is 1. The fraction of sp³-hybridized carbons (Fsp3) is 0.0625. The van der Waals surface area contributed by atoms with Crippen molar-refractivity contribution in [2.24, 2.45) is 0 Å². The maximum absolute atomic E-state index is 13.8. The number of benzene rings is 2. The van der Waals surface area contributed by atoms with Gasteiger partial charge in [0.2, 0.25) is 0 Å². The first-order valence-corrected chi connectivity index (χ1v) is 7.66. The molecule has 0 saturated heterocycles. The minimum Gasteiger partial charge on any atom is -0.381 e. The number of anilines is 1. The average molecular weight is 319 g/mol. The molecular formula is C16H12ClFN2S. The van der Waals surface area contributed by atoms with Crippen LogP contribution in [-0.2, 0) is 6.54 Å². The van der Waals surface area contributed by atoms with Crippen LogP contribution in [0.5, 0.6) is 0 Å². The third kappa shape index (κ3) is 3.23. The predicted molar refractivity (Wildman–Crippen MR) is 86.3 cm³/mol. The lowest BCUT2D eigenvalue weighted by Crippen LogP contribution is -2.02. The van der Waals surface area contributed by atoms with Gasteiger partial charge in [-0.2, -0.15) is 0 Å². The first kappa shape index (κ1) is 14.0. The summed E-state index contributed by atoms with van der Waals surface area (Å²) in [5.74, 6) is -0.372. The van der Waals surface area contributed by atoms with Gasteiger partial charge in [-0.25, -0.2) is 9.37 Å². The topological polar surface area (TPSA) is 24.9 Å². The van der Waals surface area contributed by atoms with Crippen molar-refractivity contribution in [1.29, 1.82) is 0 Å². The summed E-state index contributed by atoms with van der Waals surface area (Å²) >= 11 is 7.37. The van der Waals surface area contributed by atoms with E-state index < -0.39 is 0 Å². The lowest BCUT2D eigenvalue weighted by Gasteiger charge is -2.09. The Morgan fingerprint density at radius 3 is 2.86 bits per heavy atom. The minimum absolute atomic E-state index is 0.144. The van der Waals surface area contributed by atoms with E-state index in [1.807, 2.05) is 29.6 Å². The molecule has 3 aromatic rings. The van der Waals surface area contributed by atoms with Gasteiger partial charge < -0.3 is 5.32 Å². The Bertz CT molecular complexity index is 744. The number of thiazole rings is 1. The second-order valence-electron chi connectivity index (χ2n) is 4.48. The number of rotatable bonds is 4. The van der Waals surface area contributed by atoms with Crippen LogP contribution in [0, 0.1) is 5.82 Å². The van der Waals surface area contributed by atoms with Gasteiger partial charge in [-0.05, 0) is 18.2 Å². The van der Waals surface area contributed by atoms with Crippen molar-refractivity contribution in [3.63, 3.8) is 0 Å². The second kappa shape index (κ2) is 6.24. The fourth-order valence-corrected chi connectivity index (χ4v) is 2.84. The highest BCUT2D eigenvalue weighted by Crippen LogP contribution is 2.25. The van der Waals surface area contributed by atoms with Crippen LogP contribution < -0.4 is 5.32 Å². The average Bonchev–Trinajstić information content (AvgIpc) is 3.03. The lowest BCUT2D eigenvalue weighted by atomic mass is 10.2. The Balaban J connectivity index is 1.77. The molecule has 1 aromatic heterocycles. The van der Waals surface area contributed by atoms with Crippen LogP contribution in [0.1, 0.15) is 5.56 Å². The summed E-state index contributed by atoms with van der Waals surface area (Å²) in [5, 5.41) is 6.26. The van der Waals surface area contributed by atoms with Crippen LogP contribution in [0.15, 0.2) is 54.0 Å². The van der Waals surface area contributed by atoms with Crippen molar-refractivity contribution < 1.29 is 4.39 Å². The Kier molecular flexibility index (Phi) is 4.18. The molecule has 106 valence electrons. The van der Waals surface area contributed by atoms with E-state index in [-0.39, 0.29) is 10.8 Å². The molecule has 1 N–H and O–H groups in total. The number of aromatic nitrogens is 1. The largest absolute Gasteiger partial charge is 0.381 e. The van der Waals surface area contributed by atoms with E-state index in [1.165, 1.54) is 0 Å². The van der Waals surface area contributed by atoms with Crippen molar-refractivity contribution in [2.45, 2.75) is 6.54 Å². The van der Waals surface area contributed by atoms with Gasteiger partial charge in [-0.3, -0.25) is 0 Å². The number of hydrogen-bond acceptors (Lipinski definition) is 3. The summed E-state index contributed by atoms with van der Waals surface area (Å²) in [7, 11) is 0. The summed E-state index contributed by atoms with van der Waals surface area (Å²) in [4.78, 5) is 4.28. The highest BCUT2D eigenvalue weighted by molar-refractivity contribution is 7.13. The van der Waals surface area contributed by atoms with Crippen LogP contribution in [0.25, 0.3) is 10.6 Å². The zero-order valence-corrected chi connectivity index (χ0v) is 12.6. The highest BCUT2D eigenvalue weighted by atomic mass is 35.5. The normalized spacial score (nSPS) is 10.6. The Morgan fingerprint density at radius 1 is 1.19 bits per heavy atom. The van der Waals surface area contributed by atoms with Gasteiger partial charge >= 0.3 is 0 Å². The minimum atomic E-state index is -0.372. The molecule has 0 saturated carbocycles. The molecule has 21 heavy (non-hydrogen) atoms. The third-order valence-corrected chi connectivity index (χ3v) is 4.17. The molecule has 0 aliphatic rings. The summed E-state index contributed by atoms with van der Waals surface area (Å²) in [6, 6.07) is 12.9. The molecule has 0 radical (unpaired) electrons. The van der Waals surface area contributed by atoms with E-state index in [1.54, 1.807) is 35.7 Å². The molecule has 2 nitrogen and oxygen atoms in total. The molecule has 0 aliphatic heterocycles. The monoisotopic (exact) mass is 318 g/mol. The highest BCUT2D eigenvalue weighted by Gasteiger charge is 2.06. The van der Waals surface area contributed by atoms with Crippen LogP contribution >= 0.6 is 22.9 Å². The van der Waals surface area contributed by atoms with E-state index in [0.29, 0.717) is 12.1 Å². The van der Waals surface area contributed by atoms with Gasteiger partial charge in [-0.1, -0.05) is 35.9 Å². The van der Waals surface area contributed by atoms with Crippen molar-refractivity contribution in [1.82, 2.24) is 4.98 Å². The standard InChI is InChI=1S/C16H12ClFN2S/c17-14-6-2-4-12(15(14)18)10-20-13-5-1-3-11(9-13)16-19-7-8-21-16/h1-9,20H,10H2. The first-order chi connectivity index (χ1) is 10.2. The Morgan fingerprint density at radius 2 is 2.05 bits per heavy atom. The predicted octanol–water partition coefficient (Wildman–Crippen LogP) is 5.21. The molecule has 0 atom stereocenters. The lowest BCUT2D eigenvalue weighted by molar-refractivity contribution is 0.613. The van der Waals surface area contributed by atoms with Crippen molar-refractivity contribution >= 4 is 28.6 Å². The van der Waals surface area contributed by atoms with Crippen molar-refractivity contribution in [3.8, 4) is 10.6 Å². The fourth-order valence-electron chi connectivity index (χ4n) is 2.01. The van der Waals surface area contributed by atoms with Crippen molar-refractivity contribution in [3.05, 3.63) is 70.4 Å². The molecule has 0 spiro atoms. The van der Waals surface area contributed by atoms with E-state index in [2.05, 4.69) is 10.3 Å². The van der Waals surface area contributed by atoms with Crippen LogP contribution in [-0.4, -0.2) is 4.98 Å². The van der Waals surface area contributed by atoms with Gasteiger partial charge in [0.25, 0.3) is 0 Å². The second-order valence-corrected chi connectivity index (χ2v) is 5.79.